The van der Waals surface area contributed by atoms with Gasteiger partial charge in [-0.05, 0) is 30.7 Å². The SMILES string of the molecule is CCC(CC)(CC)CNCc1ccn(C)n1. The zero-order valence-corrected chi connectivity index (χ0v) is 11.1. The van der Waals surface area contributed by atoms with Crippen molar-refractivity contribution in [3.63, 3.8) is 0 Å². The van der Waals surface area contributed by atoms with Crippen LogP contribution in [-0.2, 0) is 13.6 Å². The van der Waals surface area contributed by atoms with Crippen LogP contribution >= 0.6 is 0 Å². The molecule has 1 heterocycles. The van der Waals surface area contributed by atoms with Crippen molar-refractivity contribution in [2.75, 3.05) is 6.54 Å². The summed E-state index contributed by atoms with van der Waals surface area (Å²) in [6, 6.07) is 2.07. The lowest BCUT2D eigenvalue weighted by Crippen LogP contribution is -2.32. The Kier molecular flexibility index (Phi) is 5.00. The number of hydrogen-bond acceptors (Lipinski definition) is 2. The molecular weight excluding hydrogens is 198 g/mol. The minimum absolute atomic E-state index is 0.467. The Bertz CT molecular complexity index is 292. The maximum Gasteiger partial charge on any atom is 0.0762 e. The van der Waals surface area contributed by atoms with Crippen LogP contribution in [0.1, 0.15) is 45.7 Å². The first kappa shape index (κ1) is 13.2. The van der Waals surface area contributed by atoms with Gasteiger partial charge in [-0.1, -0.05) is 20.8 Å². The lowest BCUT2D eigenvalue weighted by Gasteiger charge is -2.30. The van der Waals surface area contributed by atoms with Gasteiger partial charge < -0.3 is 5.32 Å². The molecule has 0 fully saturated rings. The van der Waals surface area contributed by atoms with Gasteiger partial charge >= 0.3 is 0 Å². The third-order valence-electron chi connectivity index (χ3n) is 3.82. The monoisotopic (exact) mass is 223 g/mol. The van der Waals surface area contributed by atoms with Crippen LogP contribution in [0.4, 0.5) is 0 Å². The van der Waals surface area contributed by atoms with Crippen molar-refractivity contribution in [3.8, 4) is 0 Å². The molecule has 0 amide bonds. The van der Waals surface area contributed by atoms with Gasteiger partial charge in [-0.15, -0.1) is 0 Å². The maximum absolute atomic E-state index is 4.36. The molecule has 0 aliphatic rings. The van der Waals surface area contributed by atoms with Crippen molar-refractivity contribution in [1.82, 2.24) is 15.1 Å². The Balaban J connectivity index is 2.39. The van der Waals surface area contributed by atoms with E-state index in [1.54, 1.807) is 0 Å². The van der Waals surface area contributed by atoms with Gasteiger partial charge in [-0.2, -0.15) is 5.10 Å². The molecule has 1 rings (SSSR count). The Hall–Kier alpha value is -0.830. The average Bonchev–Trinajstić information content (AvgIpc) is 2.71. The summed E-state index contributed by atoms with van der Waals surface area (Å²) in [5.74, 6) is 0. The summed E-state index contributed by atoms with van der Waals surface area (Å²) in [5, 5.41) is 7.89. The molecular formula is C13H25N3. The maximum atomic E-state index is 4.36. The van der Waals surface area contributed by atoms with E-state index >= 15 is 0 Å². The average molecular weight is 223 g/mol. The Labute approximate surface area is 99.2 Å². The highest BCUT2D eigenvalue weighted by atomic mass is 15.3. The molecule has 3 heteroatoms. The van der Waals surface area contributed by atoms with Crippen molar-refractivity contribution in [3.05, 3.63) is 18.0 Å². The van der Waals surface area contributed by atoms with E-state index in [4.69, 9.17) is 0 Å². The zero-order valence-electron chi connectivity index (χ0n) is 11.1. The van der Waals surface area contributed by atoms with Gasteiger partial charge in [0.05, 0.1) is 5.69 Å². The molecule has 3 nitrogen and oxygen atoms in total. The van der Waals surface area contributed by atoms with Gasteiger partial charge in [0, 0.05) is 26.3 Å². The molecule has 0 unspecified atom stereocenters. The van der Waals surface area contributed by atoms with Gasteiger partial charge in [0.1, 0.15) is 0 Å². The van der Waals surface area contributed by atoms with Crippen molar-refractivity contribution >= 4 is 0 Å². The van der Waals surface area contributed by atoms with Crippen molar-refractivity contribution in [2.24, 2.45) is 12.5 Å². The summed E-state index contributed by atoms with van der Waals surface area (Å²) in [4.78, 5) is 0. The molecule has 0 bridgehead atoms. The largest absolute Gasteiger partial charge is 0.311 e. The van der Waals surface area contributed by atoms with Crippen LogP contribution in [0, 0.1) is 5.41 Å². The highest BCUT2D eigenvalue weighted by Gasteiger charge is 2.22. The predicted octanol–water partition coefficient (Wildman–Crippen LogP) is 2.73. The molecule has 0 aromatic carbocycles. The summed E-state index contributed by atoms with van der Waals surface area (Å²) >= 11 is 0. The molecule has 0 atom stereocenters. The molecule has 0 saturated carbocycles. The molecule has 92 valence electrons. The molecule has 16 heavy (non-hydrogen) atoms. The first-order valence-corrected chi connectivity index (χ1v) is 6.35. The second kappa shape index (κ2) is 6.04. The fourth-order valence-electron chi connectivity index (χ4n) is 2.14. The summed E-state index contributed by atoms with van der Waals surface area (Å²) < 4.78 is 1.85. The minimum atomic E-state index is 0.467. The molecule has 1 N–H and O–H groups in total. The van der Waals surface area contributed by atoms with E-state index in [1.165, 1.54) is 19.3 Å². The van der Waals surface area contributed by atoms with Crippen molar-refractivity contribution in [2.45, 2.75) is 46.6 Å². The fourth-order valence-corrected chi connectivity index (χ4v) is 2.14. The van der Waals surface area contributed by atoms with Gasteiger partial charge in [0.2, 0.25) is 0 Å². The van der Waals surface area contributed by atoms with Crippen LogP contribution in [0.15, 0.2) is 12.3 Å². The predicted molar refractivity (Wildman–Crippen MR) is 68.2 cm³/mol. The number of nitrogens with one attached hydrogen (secondary N) is 1. The van der Waals surface area contributed by atoms with Crippen molar-refractivity contribution < 1.29 is 0 Å². The molecule has 0 saturated heterocycles. The van der Waals surface area contributed by atoms with Crippen LogP contribution in [0.2, 0.25) is 0 Å². The number of rotatable bonds is 7. The quantitative estimate of drug-likeness (QED) is 0.770. The van der Waals surface area contributed by atoms with Crippen LogP contribution in [0.25, 0.3) is 0 Å². The minimum Gasteiger partial charge on any atom is -0.311 e. The highest BCUT2D eigenvalue weighted by molar-refractivity contribution is 4.98. The van der Waals surface area contributed by atoms with E-state index in [2.05, 4.69) is 37.3 Å². The van der Waals surface area contributed by atoms with Gasteiger partial charge in [-0.3, -0.25) is 4.68 Å². The number of aryl methyl sites for hydroxylation is 1. The van der Waals surface area contributed by atoms with Crippen molar-refractivity contribution in [1.29, 1.82) is 0 Å². The Morgan fingerprint density at radius 3 is 2.31 bits per heavy atom. The molecule has 1 aromatic heterocycles. The van der Waals surface area contributed by atoms with E-state index in [9.17, 15) is 0 Å². The Morgan fingerprint density at radius 1 is 1.25 bits per heavy atom. The van der Waals surface area contributed by atoms with Crippen LogP contribution in [0.5, 0.6) is 0 Å². The molecule has 0 aliphatic carbocycles. The lowest BCUT2D eigenvalue weighted by atomic mass is 9.80. The number of hydrogen-bond donors (Lipinski definition) is 1. The second-order valence-electron chi connectivity index (χ2n) is 4.64. The van der Waals surface area contributed by atoms with E-state index < -0.39 is 0 Å². The first-order chi connectivity index (χ1) is 7.65. The van der Waals surface area contributed by atoms with E-state index in [1.807, 2.05) is 17.9 Å². The molecule has 0 spiro atoms. The molecule has 0 radical (unpaired) electrons. The third kappa shape index (κ3) is 3.34. The first-order valence-electron chi connectivity index (χ1n) is 6.35. The lowest BCUT2D eigenvalue weighted by molar-refractivity contribution is 0.237. The molecule has 0 aliphatic heterocycles. The summed E-state index contributed by atoms with van der Waals surface area (Å²) in [7, 11) is 1.96. The standard InChI is InChI=1S/C13H25N3/c1-5-13(6-2,7-3)11-14-10-12-8-9-16(4)15-12/h8-9,14H,5-7,10-11H2,1-4H3. The van der Waals surface area contributed by atoms with E-state index in [-0.39, 0.29) is 0 Å². The fraction of sp³-hybridized carbons (Fsp3) is 0.769. The van der Waals surface area contributed by atoms with Crippen LogP contribution < -0.4 is 5.32 Å². The topological polar surface area (TPSA) is 29.9 Å². The van der Waals surface area contributed by atoms with Gasteiger partial charge in [-0.25, -0.2) is 0 Å². The summed E-state index contributed by atoms with van der Waals surface area (Å²) in [5.41, 5.74) is 1.59. The smallest absolute Gasteiger partial charge is 0.0762 e. The highest BCUT2D eigenvalue weighted by Crippen LogP contribution is 2.29. The van der Waals surface area contributed by atoms with Gasteiger partial charge in [0.25, 0.3) is 0 Å². The van der Waals surface area contributed by atoms with Crippen LogP contribution in [-0.4, -0.2) is 16.3 Å². The van der Waals surface area contributed by atoms with E-state index in [0.29, 0.717) is 5.41 Å². The van der Waals surface area contributed by atoms with Crippen LogP contribution in [0.3, 0.4) is 0 Å². The van der Waals surface area contributed by atoms with E-state index in [0.717, 1.165) is 18.8 Å². The number of aromatic nitrogens is 2. The van der Waals surface area contributed by atoms with Gasteiger partial charge in [0.15, 0.2) is 0 Å². The summed E-state index contributed by atoms with van der Waals surface area (Å²) in [6.45, 7) is 8.83. The third-order valence-corrected chi connectivity index (χ3v) is 3.82. The number of nitrogens with zero attached hydrogens (tertiary/aromatic N) is 2. The second-order valence-corrected chi connectivity index (χ2v) is 4.64. The zero-order chi connectivity index (χ0) is 12.0. The normalized spacial score (nSPS) is 12.0. The summed E-state index contributed by atoms with van der Waals surface area (Å²) in [6.07, 6.45) is 5.73. The Morgan fingerprint density at radius 2 is 1.88 bits per heavy atom. The molecule has 1 aromatic rings.